The Labute approximate surface area is 118 Å². The van der Waals surface area contributed by atoms with Gasteiger partial charge in [0.15, 0.2) is 0 Å². The molecule has 5 nitrogen and oxygen atoms in total. The number of imidazole rings is 1. The molecular weight excluding hydrogens is 254 g/mol. The van der Waals surface area contributed by atoms with E-state index in [2.05, 4.69) is 4.98 Å². The topological polar surface area (TPSA) is 57.8 Å². The molecule has 2 aromatic heterocycles. The minimum absolute atomic E-state index is 0.0582. The summed E-state index contributed by atoms with van der Waals surface area (Å²) >= 11 is 0. The summed E-state index contributed by atoms with van der Waals surface area (Å²) in [5, 5.41) is 8.73. The molecule has 0 aromatic carbocycles. The molecule has 1 amide bonds. The van der Waals surface area contributed by atoms with Crippen molar-refractivity contribution in [2.24, 2.45) is 0 Å². The van der Waals surface area contributed by atoms with Crippen molar-refractivity contribution in [2.75, 3.05) is 20.2 Å². The molecule has 0 aliphatic rings. The van der Waals surface area contributed by atoms with Gasteiger partial charge < -0.3 is 14.4 Å². The second kappa shape index (κ2) is 6.52. The van der Waals surface area contributed by atoms with Gasteiger partial charge in [0, 0.05) is 32.1 Å². The highest BCUT2D eigenvalue weighted by Crippen LogP contribution is 2.10. The first-order valence-corrected chi connectivity index (χ1v) is 6.94. The number of hydrogen-bond acceptors (Lipinski definition) is 3. The second-order valence-corrected chi connectivity index (χ2v) is 5.03. The molecule has 0 aliphatic carbocycles. The standard InChI is InChI=1S/C15H21N3O2/c1-12-7-6-8-14-16-13(11-18(12)14)15(20)17(2)9-4-3-5-10-19/h6-8,11,19H,3-5,9-10H2,1-2H3. The summed E-state index contributed by atoms with van der Waals surface area (Å²) in [7, 11) is 1.79. The molecule has 2 aromatic rings. The number of nitrogens with zero attached hydrogens (tertiary/aromatic N) is 3. The number of rotatable bonds is 6. The summed E-state index contributed by atoms with van der Waals surface area (Å²) in [4.78, 5) is 18.3. The molecule has 1 N–H and O–H groups in total. The van der Waals surface area contributed by atoms with Gasteiger partial charge in [-0.05, 0) is 38.3 Å². The van der Waals surface area contributed by atoms with Crippen LogP contribution in [-0.4, -0.2) is 45.5 Å². The average molecular weight is 275 g/mol. The number of carbonyl (C=O) groups is 1. The largest absolute Gasteiger partial charge is 0.396 e. The number of amides is 1. The van der Waals surface area contributed by atoms with Crippen LogP contribution in [0.4, 0.5) is 0 Å². The Bertz CT molecular complexity index is 592. The average Bonchev–Trinajstić information content (AvgIpc) is 2.88. The first kappa shape index (κ1) is 14.5. The fourth-order valence-corrected chi connectivity index (χ4v) is 2.19. The predicted octanol–water partition coefficient (Wildman–Crippen LogP) is 1.88. The molecule has 0 saturated heterocycles. The van der Waals surface area contributed by atoms with E-state index in [9.17, 15) is 4.79 Å². The van der Waals surface area contributed by atoms with Crippen LogP contribution in [0.1, 0.15) is 35.4 Å². The van der Waals surface area contributed by atoms with Crippen LogP contribution in [0.15, 0.2) is 24.4 Å². The minimum atomic E-state index is -0.0582. The molecule has 2 rings (SSSR count). The summed E-state index contributed by atoms with van der Waals surface area (Å²) in [6, 6.07) is 5.82. The third-order valence-electron chi connectivity index (χ3n) is 3.41. The molecule has 0 atom stereocenters. The van der Waals surface area contributed by atoms with Crippen LogP contribution in [0.2, 0.25) is 0 Å². The molecule has 2 heterocycles. The van der Waals surface area contributed by atoms with Gasteiger partial charge in [0.25, 0.3) is 5.91 Å². The summed E-state index contributed by atoms with van der Waals surface area (Å²) in [5.41, 5.74) is 2.32. The molecule has 0 spiro atoms. The van der Waals surface area contributed by atoms with E-state index < -0.39 is 0 Å². The van der Waals surface area contributed by atoms with Gasteiger partial charge in [-0.25, -0.2) is 4.98 Å². The summed E-state index contributed by atoms with van der Waals surface area (Å²) < 4.78 is 1.92. The Morgan fingerprint density at radius 1 is 1.35 bits per heavy atom. The highest BCUT2D eigenvalue weighted by Gasteiger charge is 2.15. The zero-order valence-corrected chi connectivity index (χ0v) is 12.0. The highest BCUT2D eigenvalue weighted by molar-refractivity contribution is 5.92. The number of aliphatic hydroxyl groups is 1. The van der Waals surface area contributed by atoms with Crippen LogP contribution < -0.4 is 0 Å². The second-order valence-electron chi connectivity index (χ2n) is 5.03. The van der Waals surface area contributed by atoms with Crippen molar-refractivity contribution in [3.8, 4) is 0 Å². The number of fused-ring (bicyclic) bond motifs is 1. The van der Waals surface area contributed by atoms with Gasteiger partial charge in [0.1, 0.15) is 11.3 Å². The lowest BCUT2D eigenvalue weighted by atomic mass is 10.2. The maximum Gasteiger partial charge on any atom is 0.273 e. The summed E-state index contributed by atoms with van der Waals surface area (Å²) in [6.45, 7) is 2.89. The number of carbonyl (C=O) groups excluding carboxylic acids is 1. The number of aromatic nitrogens is 2. The Balaban J connectivity index is 2.05. The van der Waals surface area contributed by atoms with Crippen LogP contribution in [0, 0.1) is 6.92 Å². The number of hydrogen-bond donors (Lipinski definition) is 1. The number of aryl methyl sites for hydroxylation is 1. The third kappa shape index (κ3) is 3.17. The quantitative estimate of drug-likeness (QED) is 0.819. The predicted molar refractivity (Wildman–Crippen MR) is 77.8 cm³/mol. The molecule has 20 heavy (non-hydrogen) atoms. The third-order valence-corrected chi connectivity index (χ3v) is 3.41. The normalized spacial score (nSPS) is 10.9. The monoisotopic (exact) mass is 275 g/mol. The Morgan fingerprint density at radius 2 is 2.15 bits per heavy atom. The number of unbranched alkanes of at least 4 members (excludes halogenated alkanes) is 2. The van der Waals surface area contributed by atoms with Crippen molar-refractivity contribution in [3.63, 3.8) is 0 Å². The van der Waals surface area contributed by atoms with Crippen LogP contribution in [0.5, 0.6) is 0 Å². The molecule has 0 unspecified atom stereocenters. The Kier molecular flexibility index (Phi) is 4.74. The van der Waals surface area contributed by atoms with Gasteiger partial charge in [-0.3, -0.25) is 4.79 Å². The van der Waals surface area contributed by atoms with Crippen molar-refractivity contribution in [2.45, 2.75) is 26.2 Å². The van der Waals surface area contributed by atoms with Crippen molar-refractivity contribution >= 4 is 11.6 Å². The number of aliphatic hydroxyl groups excluding tert-OH is 1. The molecule has 5 heteroatoms. The molecule has 0 aliphatic heterocycles. The van der Waals surface area contributed by atoms with E-state index in [0.29, 0.717) is 12.2 Å². The SMILES string of the molecule is Cc1cccc2nc(C(=O)N(C)CCCCCO)cn12. The van der Waals surface area contributed by atoms with Crippen LogP contribution in [0.3, 0.4) is 0 Å². The zero-order valence-electron chi connectivity index (χ0n) is 12.0. The maximum absolute atomic E-state index is 12.3. The molecule has 0 fully saturated rings. The lowest BCUT2D eigenvalue weighted by Gasteiger charge is -2.15. The van der Waals surface area contributed by atoms with Gasteiger partial charge in [-0.2, -0.15) is 0 Å². The van der Waals surface area contributed by atoms with Crippen LogP contribution in [-0.2, 0) is 0 Å². The fraction of sp³-hybridized carbons (Fsp3) is 0.467. The zero-order chi connectivity index (χ0) is 14.5. The van der Waals surface area contributed by atoms with Crippen LogP contribution in [0.25, 0.3) is 5.65 Å². The van der Waals surface area contributed by atoms with Crippen LogP contribution >= 0.6 is 0 Å². The highest BCUT2D eigenvalue weighted by atomic mass is 16.2. The first-order valence-electron chi connectivity index (χ1n) is 6.94. The molecule has 0 bridgehead atoms. The van der Waals surface area contributed by atoms with Gasteiger partial charge in [0.2, 0.25) is 0 Å². The van der Waals surface area contributed by atoms with E-state index in [0.717, 1.165) is 30.6 Å². The van der Waals surface area contributed by atoms with Gasteiger partial charge >= 0.3 is 0 Å². The van der Waals surface area contributed by atoms with Crippen molar-refractivity contribution in [1.29, 1.82) is 0 Å². The van der Waals surface area contributed by atoms with E-state index in [4.69, 9.17) is 5.11 Å². The molecule has 108 valence electrons. The Morgan fingerprint density at radius 3 is 2.85 bits per heavy atom. The molecule has 0 radical (unpaired) electrons. The van der Waals surface area contributed by atoms with Gasteiger partial charge in [0.05, 0.1) is 0 Å². The summed E-state index contributed by atoms with van der Waals surface area (Å²) in [6.07, 6.45) is 4.40. The van der Waals surface area contributed by atoms with Crippen molar-refractivity contribution in [3.05, 3.63) is 35.8 Å². The van der Waals surface area contributed by atoms with E-state index in [1.54, 1.807) is 18.1 Å². The minimum Gasteiger partial charge on any atom is -0.396 e. The van der Waals surface area contributed by atoms with E-state index in [-0.39, 0.29) is 12.5 Å². The van der Waals surface area contributed by atoms with Crippen molar-refractivity contribution in [1.82, 2.24) is 14.3 Å². The Hall–Kier alpha value is -1.88. The lowest BCUT2D eigenvalue weighted by Crippen LogP contribution is -2.28. The van der Waals surface area contributed by atoms with Gasteiger partial charge in [-0.1, -0.05) is 6.07 Å². The smallest absolute Gasteiger partial charge is 0.273 e. The van der Waals surface area contributed by atoms with Crippen molar-refractivity contribution < 1.29 is 9.90 Å². The molecular formula is C15H21N3O2. The van der Waals surface area contributed by atoms with E-state index in [1.165, 1.54) is 0 Å². The summed E-state index contributed by atoms with van der Waals surface area (Å²) in [5.74, 6) is -0.0582. The molecule has 0 saturated carbocycles. The lowest BCUT2D eigenvalue weighted by molar-refractivity contribution is 0.0787. The van der Waals surface area contributed by atoms with E-state index in [1.807, 2.05) is 29.5 Å². The van der Waals surface area contributed by atoms with Gasteiger partial charge in [-0.15, -0.1) is 0 Å². The maximum atomic E-state index is 12.3. The van der Waals surface area contributed by atoms with E-state index >= 15 is 0 Å². The first-order chi connectivity index (χ1) is 9.63. The fourth-order valence-electron chi connectivity index (χ4n) is 2.19. The number of pyridine rings is 1.